The molecule has 1 heterocycles. The molecule has 2 aliphatic carbocycles. The highest BCUT2D eigenvalue weighted by molar-refractivity contribution is 6.66. The Balaban J connectivity index is 2.28. The number of carbonyl (C=O) groups excluding carboxylic acids is 2. The number of halogens is 6. The second-order valence-corrected chi connectivity index (χ2v) is 9.00. The molecular weight excluding hydrogens is 403 g/mol. The highest BCUT2D eigenvalue weighted by Gasteiger charge is 2.87. The van der Waals surface area contributed by atoms with E-state index in [0.29, 0.717) is 0 Å². The van der Waals surface area contributed by atoms with Crippen molar-refractivity contribution in [3.63, 3.8) is 0 Å². The van der Waals surface area contributed by atoms with Gasteiger partial charge in [0.2, 0.25) is 11.8 Å². The molecule has 2 amide bonds. The summed E-state index contributed by atoms with van der Waals surface area (Å²) in [5.41, 5.74) is 0. The molecule has 4 atom stereocenters. The monoisotopic (exact) mass is 409 g/mol. The number of rotatable bonds is 1. The number of alkyl halides is 4. The highest BCUT2D eigenvalue weighted by Crippen LogP contribution is 2.77. The van der Waals surface area contributed by atoms with Gasteiger partial charge in [0, 0.05) is 6.04 Å². The van der Waals surface area contributed by atoms with E-state index in [1.165, 1.54) is 0 Å². The zero-order valence-electron chi connectivity index (χ0n) is 10.8. The molecule has 0 aromatic rings. The number of fused-ring (bicyclic) bond motifs is 5. The van der Waals surface area contributed by atoms with Gasteiger partial charge in [-0.15, -0.1) is 23.2 Å². The van der Waals surface area contributed by atoms with Crippen molar-refractivity contribution >= 4 is 81.4 Å². The number of allylic oxidation sites excluding steroid dienone is 2. The van der Waals surface area contributed by atoms with E-state index in [0.717, 1.165) is 4.90 Å². The third-order valence-corrected chi connectivity index (χ3v) is 8.72. The standard InChI is InChI=1S/C12H9Cl6NO2/c1-3(2)19-8(20)4-5(9(19)21)11(16)7(14)6(13)10(4,15)12(11,17)18/h3-5H,1-2H3/t4-,5-,10+,11+/m0/s1. The largest absolute Gasteiger partial charge is 0.279 e. The third-order valence-electron chi connectivity index (χ3n) is 4.46. The summed E-state index contributed by atoms with van der Waals surface area (Å²) in [5, 5.41) is -0.141. The van der Waals surface area contributed by atoms with Gasteiger partial charge in [0.05, 0.1) is 21.9 Å². The van der Waals surface area contributed by atoms with Gasteiger partial charge in [0.25, 0.3) is 0 Å². The minimum absolute atomic E-state index is 0.0705. The molecule has 0 radical (unpaired) electrons. The van der Waals surface area contributed by atoms with Gasteiger partial charge in [-0.2, -0.15) is 0 Å². The SMILES string of the molecule is CC(C)N1C(=O)[C@@H]2[C@@H](C1=O)[C@@]1(Cl)C(Cl)=C(Cl)[C@@]2(Cl)C1(Cl)Cl. The lowest BCUT2D eigenvalue weighted by Gasteiger charge is -2.35. The van der Waals surface area contributed by atoms with Crippen molar-refractivity contribution in [3.05, 3.63) is 10.1 Å². The molecule has 0 N–H and O–H groups in total. The normalized spacial score (nSPS) is 44.3. The molecular formula is C12H9Cl6NO2. The number of likely N-dealkylation sites (tertiary alicyclic amines) is 1. The van der Waals surface area contributed by atoms with Gasteiger partial charge in [-0.05, 0) is 13.8 Å². The van der Waals surface area contributed by atoms with Crippen LogP contribution in [0.15, 0.2) is 10.1 Å². The summed E-state index contributed by atoms with van der Waals surface area (Å²) in [6, 6.07) is -0.340. The molecule has 21 heavy (non-hydrogen) atoms. The molecule has 3 nitrogen and oxygen atoms in total. The molecule has 3 rings (SSSR count). The average Bonchev–Trinajstić information content (AvgIpc) is 2.75. The van der Waals surface area contributed by atoms with Crippen molar-refractivity contribution in [3.8, 4) is 0 Å². The zero-order valence-corrected chi connectivity index (χ0v) is 15.3. The lowest BCUT2D eigenvalue weighted by molar-refractivity contribution is -0.142. The van der Waals surface area contributed by atoms with Crippen LogP contribution in [0.25, 0.3) is 0 Å². The number of hydrogen-bond donors (Lipinski definition) is 0. The van der Waals surface area contributed by atoms with Crippen molar-refractivity contribution in [1.29, 1.82) is 0 Å². The van der Waals surface area contributed by atoms with Crippen LogP contribution in [0.1, 0.15) is 13.8 Å². The Hall–Kier alpha value is 0.620. The quantitative estimate of drug-likeness (QED) is 0.485. The first-order chi connectivity index (χ1) is 9.45. The molecule has 0 aromatic carbocycles. The van der Waals surface area contributed by atoms with Crippen LogP contribution in [0.3, 0.4) is 0 Å². The Morgan fingerprint density at radius 3 is 1.52 bits per heavy atom. The molecule has 2 fully saturated rings. The first kappa shape index (κ1) is 16.5. The van der Waals surface area contributed by atoms with E-state index in [2.05, 4.69) is 0 Å². The van der Waals surface area contributed by atoms with Crippen molar-refractivity contribution in [2.75, 3.05) is 0 Å². The van der Waals surface area contributed by atoms with Crippen LogP contribution in [0.2, 0.25) is 0 Å². The Morgan fingerprint density at radius 1 is 0.905 bits per heavy atom. The van der Waals surface area contributed by atoms with Gasteiger partial charge >= 0.3 is 0 Å². The highest BCUT2D eigenvalue weighted by atomic mass is 35.5. The summed E-state index contributed by atoms with van der Waals surface area (Å²) in [6.45, 7) is 3.43. The summed E-state index contributed by atoms with van der Waals surface area (Å²) < 4.78 is -1.86. The minimum Gasteiger partial charge on any atom is -0.279 e. The van der Waals surface area contributed by atoms with Crippen LogP contribution >= 0.6 is 69.6 Å². The predicted octanol–water partition coefficient (Wildman–Crippen LogP) is 3.84. The first-order valence-electron chi connectivity index (χ1n) is 6.14. The summed E-state index contributed by atoms with van der Waals surface area (Å²) in [6.07, 6.45) is 0. The molecule has 116 valence electrons. The molecule has 2 bridgehead atoms. The Kier molecular flexibility index (Phi) is 3.43. The number of carbonyl (C=O) groups is 2. The number of amides is 2. The number of imide groups is 1. The molecule has 0 aromatic heterocycles. The van der Waals surface area contributed by atoms with E-state index in [9.17, 15) is 9.59 Å². The Bertz CT molecular complexity index is 571. The summed E-state index contributed by atoms with van der Waals surface area (Å²) in [4.78, 5) is 23.0. The fourth-order valence-corrected chi connectivity index (χ4v) is 6.45. The van der Waals surface area contributed by atoms with Gasteiger partial charge in [0.1, 0.15) is 9.75 Å². The molecule has 0 unspecified atom stereocenters. The Labute approximate surface area is 151 Å². The van der Waals surface area contributed by atoms with E-state index < -0.39 is 37.7 Å². The van der Waals surface area contributed by atoms with Gasteiger partial charge in [-0.3, -0.25) is 14.5 Å². The van der Waals surface area contributed by atoms with Crippen molar-refractivity contribution in [1.82, 2.24) is 4.90 Å². The first-order valence-corrected chi connectivity index (χ1v) is 8.41. The maximum absolute atomic E-state index is 12.6. The fourth-order valence-electron chi connectivity index (χ4n) is 3.53. The van der Waals surface area contributed by atoms with Crippen molar-refractivity contribution in [2.45, 2.75) is 34.0 Å². The topological polar surface area (TPSA) is 37.4 Å². The number of hydrogen-bond acceptors (Lipinski definition) is 2. The second-order valence-electron chi connectivity index (χ2n) is 5.72. The van der Waals surface area contributed by atoms with E-state index >= 15 is 0 Å². The van der Waals surface area contributed by atoms with Gasteiger partial charge in [-0.1, -0.05) is 46.4 Å². The molecule has 1 saturated carbocycles. The maximum atomic E-state index is 12.6. The molecule has 1 saturated heterocycles. The zero-order chi connectivity index (χ0) is 16.1. The second kappa shape index (κ2) is 4.37. The molecule has 9 heteroatoms. The van der Waals surface area contributed by atoms with Crippen LogP contribution < -0.4 is 0 Å². The van der Waals surface area contributed by atoms with Gasteiger partial charge in [-0.25, -0.2) is 0 Å². The van der Waals surface area contributed by atoms with Crippen molar-refractivity contribution < 1.29 is 9.59 Å². The average molecular weight is 412 g/mol. The smallest absolute Gasteiger partial charge is 0.235 e. The number of nitrogens with zero attached hydrogens (tertiary/aromatic N) is 1. The van der Waals surface area contributed by atoms with Crippen LogP contribution in [0.5, 0.6) is 0 Å². The third kappa shape index (κ3) is 1.43. The summed E-state index contributed by atoms with van der Waals surface area (Å²) in [5.74, 6) is -3.02. The summed E-state index contributed by atoms with van der Waals surface area (Å²) >= 11 is 38.1. The molecule has 0 spiro atoms. The van der Waals surface area contributed by atoms with Crippen molar-refractivity contribution in [2.24, 2.45) is 11.8 Å². The van der Waals surface area contributed by atoms with Crippen LogP contribution in [0.4, 0.5) is 0 Å². The fraction of sp³-hybridized carbons (Fsp3) is 0.667. The lowest BCUT2D eigenvalue weighted by Crippen LogP contribution is -2.51. The van der Waals surface area contributed by atoms with E-state index in [1.807, 2.05) is 0 Å². The molecule has 3 aliphatic rings. The van der Waals surface area contributed by atoms with E-state index in [-0.39, 0.29) is 16.1 Å². The van der Waals surface area contributed by atoms with Crippen LogP contribution in [-0.2, 0) is 9.59 Å². The summed E-state index contributed by atoms with van der Waals surface area (Å²) in [7, 11) is 0. The maximum Gasteiger partial charge on any atom is 0.235 e. The van der Waals surface area contributed by atoms with E-state index in [1.54, 1.807) is 13.8 Å². The lowest BCUT2D eigenvalue weighted by atomic mass is 9.84. The predicted molar refractivity (Wildman–Crippen MR) is 84.3 cm³/mol. The Morgan fingerprint density at radius 2 is 1.24 bits per heavy atom. The van der Waals surface area contributed by atoms with Gasteiger partial charge < -0.3 is 0 Å². The molecule has 1 aliphatic heterocycles. The van der Waals surface area contributed by atoms with E-state index in [4.69, 9.17) is 69.6 Å². The van der Waals surface area contributed by atoms with Crippen LogP contribution in [-0.4, -0.2) is 36.8 Å². The van der Waals surface area contributed by atoms with Crippen LogP contribution in [0, 0.1) is 11.8 Å². The van der Waals surface area contributed by atoms with Gasteiger partial charge in [0.15, 0.2) is 4.33 Å². The minimum atomic E-state index is -1.86.